The van der Waals surface area contributed by atoms with E-state index in [2.05, 4.69) is 39.4 Å². The van der Waals surface area contributed by atoms with E-state index in [1.807, 2.05) is 32.3 Å². The van der Waals surface area contributed by atoms with Crippen LogP contribution >= 0.6 is 0 Å². The van der Waals surface area contributed by atoms with Gasteiger partial charge < -0.3 is 19.7 Å². The first kappa shape index (κ1) is 22.0. The van der Waals surface area contributed by atoms with Crippen molar-refractivity contribution in [2.75, 3.05) is 52.8 Å². The molecule has 2 aromatic rings. The third-order valence-corrected chi connectivity index (χ3v) is 5.68. The lowest BCUT2D eigenvalue weighted by Gasteiger charge is -2.28. The van der Waals surface area contributed by atoms with Crippen molar-refractivity contribution >= 4 is 11.6 Å². The van der Waals surface area contributed by atoms with Gasteiger partial charge in [0.1, 0.15) is 0 Å². The predicted molar refractivity (Wildman–Crippen MR) is 121 cm³/mol. The van der Waals surface area contributed by atoms with E-state index in [-0.39, 0.29) is 11.9 Å². The number of carbonyl (C=O) groups excluding carboxylic acids is 1. The quantitative estimate of drug-likeness (QED) is 0.686. The molecule has 1 heterocycles. The summed E-state index contributed by atoms with van der Waals surface area (Å²) in [4.78, 5) is 17.2. The van der Waals surface area contributed by atoms with Gasteiger partial charge in [-0.25, -0.2) is 0 Å². The molecule has 30 heavy (non-hydrogen) atoms. The molecule has 1 atom stereocenters. The summed E-state index contributed by atoms with van der Waals surface area (Å²) in [5.74, 6) is 1.31. The summed E-state index contributed by atoms with van der Waals surface area (Å²) in [6.07, 6.45) is 2.74. The fraction of sp³-hybridized carbons (Fsp3) is 0.458. The van der Waals surface area contributed by atoms with Gasteiger partial charge in [0.2, 0.25) is 5.91 Å². The Morgan fingerprint density at radius 3 is 2.30 bits per heavy atom. The minimum atomic E-state index is 0.0105. The van der Waals surface area contributed by atoms with Gasteiger partial charge in [-0.3, -0.25) is 9.69 Å². The van der Waals surface area contributed by atoms with Gasteiger partial charge in [0.05, 0.1) is 26.7 Å². The highest BCUT2D eigenvalue weighted by Crippen LogP contribution is 2.28. The van der Waals surface area contributed by atoms with Crippen molar-refractivity contribution in [3.05, 3.63) is 53.6 Å². The first-order valence-electron chi connectivity index (χ1n) is 10.5. The largest absolute Gasteiger partial charge is 0.493 e. The second-order valence-corrected chi connectivity index (χ2v) is 7.92. The second kappa shape index (κ2) is 10.3. The maximum absolute atomic E-state index is 12.7. The fourth-order valence-electron chi connectivity index (χ4n) is 3.95. The molecule has 1 fully saturated rings. The molecule has 6 heteroatoms. The van der Waals surface area contributed by atoms with Crippen LogP contribution in [0.15, 0.2) is 42.5 Å². The number of anilines is 1. The van der Waals surface area contributed by atoms with Gasteiger partial charge in [-0.2, -0.15) is 0 Å². The Morgan fingerprint density at radius 1 is 1.03 bits per heavy atom. The average Bonchev–Trinajstić information content (AvgIpc) is 3.28. The van der Waals surface area contributed by atoms with Crippen molar-refractivity contribution in [1.82, 2.24) is 10.2 Å². The molecule has 0 spiro atoms. The number of benzene rings is 2. The summed E-state index contributed by atoms with van der Waals surface area (Å²) in [6.45, 7) is 2.75. The summed E-state index contributed by atoms with van der Waals surface area (Å²) in [7, 11) is 7.29. The number of ether oxygens (including phenoxy) is 2. The zero-order valence-electron chi connectivity index (χ0n) is 18.5. The van der Waals surface area contributed by atoms with Gasteiger partial charge in [0.15, 0.2) is 11.5 Å². The average molecular weight is 412 g/mol. The van der Waals surface area contributed by atoms with Crippen LogP contribution in [0.1, 0.15) is 30.0 Å². The zero-order valence-corrected chi connectivity index (χ0v) is 18.5. The highest BCUT2D eigenvalue weighted by molar-refractivity contribution is 5.78. The molecule has 0 saturated carbocycles. The van der Waals surface area contributed by atoms with E-state index in [1.165, 1.54) is 24.1 Å². The lowest BCUT2D eigenvalue weighted by Crippen LogP contribution is -2.37. The number of carbonyl (C=O) groups is 1. The van der Waals surface area contributed by atoms with Crippen LogP contribution in [0.25, 0.3) is 0 Å². The minimum Gasteiger partial charge on any atom is -0.493 e. The Kier molecular flexibility index (Phi) is 7.57. The SMILES string of the molecule is COc1ccc(CC(=O)NC[C@@H](c2ccc(N(C)C)cc2)N2CCCC2)cc1OC. The molecular formula is C24H33N3O3. The molecule has 0 aliphatic carbocycles. The number of nitrogens with one attached hydrogen (secondary N) is 1. The molecule has 0 aromatic heterocycles. The van der Waals surface area contributed by atoms with Crippen molar-refractivity contribution in [1.29, 1.82) is 0 Å². The number of hydrogen-bond acceptors (Lipinski definition) is 5. The topological polar surface area (TPSA) is 54.0 Å². The van der Waals surface area contributed by atoms with Crippen molar-refractivity contribution in [3.8, 4) is 11.5 Å². The Morgan fingerprint density at radius 2 is 1.70 bits per heavy atom. The molecule has 0 bridgehead atoms. The van der Waals surface area contributed by atoms with Crippen molar-refractivity contribution in [2.24, 2.45) is 0 Å². The summed E-state index contributed by atoms with van der Waals surface area (Å²) in [6, 6.07) is 14.4. The normalized spacial score (nSPS) is 14.9. The molecule has 2 aromatic carbocycles. The lowest BCUT2D eigenvalue weighted by molar-refractivity contribution is -0.120. The van der Waals surface area contributed by atoms with Crippen molar-refractivity contribution in [3.63, 3.8) is 0 Å². The van der Waals surface area contributed by atoms with Crippen LogP contribution in [-0.4, -0.2) is 58.8 Å². The molecule has 3 rings (SSSR count). The molecular weight excluding hydrogens is 378 g/mol. The maximum atomic E-state index is 12.7. The van der Waals surface area contributed by atoms with Crippen LogP contribution < -0.4 is 19.7 Å². The summed E-state index contributed by atoms with van der Waals surface area (Å²) < 4.78 is 10.6. The molecule has 162 valence electrons. The van der Waals surface area contributed by atoms with Crippen molar-refractivity contribution < 1.29 is 14.3 Å². The van der Waals surface area contributed by atoms with E-state index in [4.69, 9.17) is 9.47 Å². The smallest absolute Gasteiger partial charge is 0.224 e. The van der Waals surface area contributed by atoms with E-state index in [0.717, 1.165) is 18.7 Å². The Labute approximate surface area is 179 Å². The second-order valence-electron chi connectivity index (χ2n) is 7.92. The third kappa shape index (κ3) is 5.45. The van der Waals surface area contributed by atoms with Crippen molar-refractivity contribution in [2.45, 2.75) is 25.3 Å². The molecule has 0 unspecified atom stereocenters. The number of nitrogens with zero attached hydrogens (tertiary/aromatic N) is 2. The number of rotatable bonds is 9. The van der Waals surface area contributed by atoms with Gasteiger partial charge in [0, 0.05) is 26.3 Å². The van der Waals surface area contributed by atoms with Gasteiger partial charge in [0.25, 0.3) is 0 Å². The number of amides is 1. The zero-order chi connectivity index (χ0) is 21.5. The lowest BCUT2D eigenvalue weighted by atomic mass is 10.0. The monoisotopic (exact) mass is 411 g/mol. The molecule has 1 aliphatic rings. The third-order valence-electron chi connectivity index (χ3n) is 5.68. The minimum absolute atomic E-state index is 0.0105. The highest BCUT2D eigenvalue weighted by Gasteiger charge is 2.24. The molecule has 1 saturated heterocycles. The Bertz CT molecular complexity index is 830. The molecule has 6 nitrogen and oxygen atoms in total. The molecule has 0 radical (unpaired) electrons. The van der Waals surface area contributed by atoms with Crippen LogP contribution in [0.5, 0.6) is 11.5 Å². The van der Waals surface area contributed by atoms with E-state index >= 15 is 0 Å². The highest BCUT2D eigenvalue weighted by atomic mass is 16.5. The van der Waals surface area contributed by atoms with Gasteiger partial charge >= 0.3 is 0 Å². The van der Waals surface area contributed by atoms with Crippen LogP contribution in [0, 0.1) is 0 Å². The van der Waals surface area contributed by atoms with E-state index in [9.17, 15) is 4.79 Å². The first-order chi connectivity index (χ1) is 14.5. The van der Waals surface area contributed by atoms with Gasteiger partial charge in [-0.05, 0) is 61.3 Å². The molecule has 1 aliphatic heterocycles. The Balaban J connectivity index is 1.65. The maximum Gasteiger partial charge on any atom is 0.224 e. The standard InChI is InChI=1S/C24H33N3O3/c1-26(2)20-10-8-19(9-11-20)21(27-13-5-6-14-27)17-25-24(28)16-18-7-12-22(29-3)23(15-18)30-4/h7-12,15,21H,5-6,13-14,16-17H2,1-4H3,(H,25,28)/t21-/m0/s1. The van der Waals surface area contributed by atoms with Crippen LogP contribution in [0.2, 0.25) is 0 Å². The molecule has 1 N–H and O–H groups in total. The number of methoxy groups -OCH3 is 2. The van der Waals surface area contributed by atoms with E-state index < -0.39 is 0 Å². The fourth-order valence-corrected chi connectivity index (χ4v) is 3.95. The van der Waals surface area contributed by atoms with Crippen LogP contribution in [0.4, 0.5) is 5.69 Å². The summed E-state index contributed by atoms with van der Waals surface area (Å²) in [5, 5.41) is 3.15. The molecule has 1 amide bonds. The van der Waals surface area contributed by atoms with Crippen LogP contribution in [0.3, 0.4) is 0 Å². The van der Waals surface area contributed by atoms with Gasteiger partial charge in [-0.1, -0.05) is 18.2 Å². The Hall–Kier alpha value is -2.73. The van der Waals surface area contributed by atoms with E-state index in [0.29, 0.717) is 24.5 Å². The van der Waals surface area contributed by atoms with Gasteiger partial charge in [-0.15, -0.1) is 0 Å². The summed E-state index contributed by atoms with van der Waals surface area (Å²) >= 11 is 0. The predicted octanol–water partition coefficient (Wildman–Crippen LogP) is 3.27. The van der Waals surface area contributed by atoms with E-state index in [1.54, 1.807) is 14.2 Å². The number of hydrogen-bond donors (Lipinski definition) is 1. The summed E-state index contributed by atoms with van der Waals surface area (Å²) in [5.41, 5.74) is 3.32. The van der Waals surface area contributed by atoms with Crippen LogP contribution in [-0.2, 0) is 11.2 Å². The first-order valence-corrected chi connectivity index (χ1v) is 10.5. The number of likely N-dealkylation sites (tertiary alicyclic amines) is 1.